The second kappa shape index (κ2) is 15.5. The molecule has 0 unspecified atom stereocenters. The highest BCUT2D eigenvalue weighted by Gasteiger charge is 2.23. The van der Waals surface area contributed by atoms with E-state index in [-0.39, 0.29) is 0 Å². The molecule has 0 aliphatic heterocycles. The van der Waals surface area contributed by atoms with E-state index in [4.69, 9.17) is 4.42 Å². The fourth-order valence-electron chi connectivity index (χ4n) is 10.6. The summed E-state index contributed by atoms with van der Waals surface area (Å²) in [5, 5.41) is 9.76. The van der Waals surface area contributed by atoms with Gasteiger partial charge < -0.3 is 13.9 Å². The lowest BCUT2D eigenvalue weighted by Crippen LogP contribution is -2.11. The molecular weight excluding hydrogens is 845 g/mol. The van der Waals surface area contributed by atoms with E-state index in [0.717, 1.165) is 61.4 Å². The second-order valence-corrected chi connectivity index (χ2v) is 18.7. The van der Waals surface area contributed by atoms with E-state index in [1.807, 2.05) is 17.4 Å². The lowest BCUT2D eigenvalue weighted by Gasteiger charge is -2.29. The molecule has 318 valence electrons. The average molecular weight is 885 g/mol. The molecule has 0 N–H and O–H groups in total. The standard InChI is InChI=1S/C64H40N2OS/c1-2-14-44-39-45(28-27-41(44)13-1)42-29-33-47(34-30-42)65(49-16-11-15-46(40-49)50-21-12-22-55-53-19-5-9-25-60(53)67-63(50)55)59-38-37-56-54-20-6-10-26-61(54)68-64(56)62(59)43-31-35-48(36-32-43)66-57-23-7-3-17-51(57)52-18-4-8-24-58(52)66/h1-40H. The third kappa shape index (κ3) is 6.12. The Morgan fingerprint density at radius 3 is 1.84 bits per heavy atom. The maximum Gasteiger partial charge on any atom is 0.143 e. The first kappa shape index (κ1) is 38.6. The minimum Gasteiger partial charge on any atom is -0.455 e. The Morgan fingerprint density at radius 2 is 1.03 bits per heavy atom. The van der Waals surface area contributed by atoms with Crippen LogP contribution in [0.3, 0.4) is 0 Å². The van der Waals surface area contributed by atoms with E-state index in [0.29, 0.717) is 0 Å². The summed E-state index contributed by atoms with van der Waals surface area (Å²) in [5.74, 6) is 0. The van der Waals surface area contributed by atoms with Crippen molar-refractivity contribution in [2.75, 3.05) is 4.90 Å². The van der Waals surface area contributed by atoms with Crippen LogP contribution >= 0.6 is 11.3 Å². The molecule has 68 heavy (non-hydrogen) atoms. The Morgan fingerprint density at radius 1 is 0.382 bits per heavy atom. The Hall–Kier alpha value is -8.70. The third-order valence-electron chi connectivity index (χ3n) is 13.8. The van der Waals surface area contributed by atoms with Gasteiger partial charge in [0.15, 0.2) is 0 Å². The van der Waals surface area contributed by atoms with Crippen LogP contribution in [0, 0.1) is 0 Å². The molecule has 0 radical (unpaired) electrons. The van der Waals surface area contributed by atoms with Gasteiger partial charge in [-0.15, -0.1) is 11.3 Å². The molecule has 11 aromatic carbocycles. The van der Waals surface area contributed by atoms with Crippen molar-refractivity contribution in [1.82, 2.24) is 4.57 Å². The molecule has 14 aromatic rings. The summed E-state index contributed by atoms with van der Waals surface area (Å²) in [7, 11) is 0. The van der Waals surface area contributed by atoms with Crippen LogP contribution in [0.2, 0.25) is 0 Å². The molecule has 0 aliphatic rings. The number of thiophene rings is 1. The van der Waals surface area contributed by atoms with Crippen molar-refractivity contribution in [3.8, 4) is 39.1 Å². The predicted molar refractivity (Wildman–Crippen MR) is 289 cm³/mol. The summed E-state index contributed by atoms with van der Waals surface area (Å²) in [4.78, 5) is 2.45. The monoisotopic (exact) mass is 884 g/mol. The van der Waals surface area contributed by atoms with Crippen LogP contribution in [0.15, 0.2) is 247 Å². The van der Waals surface area contributed by atoms with Crippen LogP contribution in [0.1, 0.15) is 0 Å². The molecular formula is C64H40N2OS. The number of aromatic nitrogens is 1. The van der Waals surface area contributed by atoms with Gasteiger partial charge in [-0.3, -0.25) is 0 Å². The maximum atomic E-state index is 6.61. The number of furan rings is 1. The lowest BCUT2D eigenvalue weighted by molar-refractivity contribution is 0.670. The molecule has 0 bridgehead atoms. The van der Waals surface area contributed by atoms with Gasteiger partial charge in [0.05, 0.1) is 16.7 Å². The van der Waals surface area contributed by atoms with Gasteiger partial charge in [0.1, 0.15) is 11.2 Å². The first-order valence-electron chi connectivity index (χ1n) is 23.2. The van der Waals surface area contributed by atoms with Crippen molar-refractivity contribution >= 4 is 103 Å². The highest BCUT2D eigenvalue weighted by Crippen LogP contribution is 2.50. The number of anilines is 3. The molecule has 0 fully saturated rings. The minimum atomic E-state index is 0.893. The van der Waals surface area contributed by atoms with E-state index in [2.05, 4.69) is 246 Å². The van der Waals surface area contributed by atoms with E-state index in [1.54, 1.807) is 0 Å². The molecule has 4 heteroatoms. The molecule has 3 heterocycles. The lowest BCUT2D eigenvalue weighted by atomic mass is 9.97. The largest absolute Gasteiger partial charge is 0.455 e. The highest BCUT2D eigenvalue weighted by molar-refractivity contribution is 7.26. The van der Waals surface area contributed by atoms with Crippen LogP contribution in [-0.2, 0) is 0 Å². The number of para-hydroxylation sites is 4. The zero-order valence-corrected chi connectivity index (χ0v) is 37.6. The maximum absolute atomic E-state index is 6.61. The SMILES string of the molecule is c1cc(-c2cccc3c2oc2ccccc23)cc(N(c2ccc(-c3ccc4ccccc4c3)cc2)c2ccc3c(sc4ccccc43)c2-c2ccc(-n3c4ccccc4c4ccccc43)cc2)c1. The van der Waals surface area contributed by atoms with E-state index in [1.165, 1.54) is 69.4 Å². The van der Waals surface area contributed by atoms with Gasteiger partial charge in [-0.1, -0.05) is 170 Å². The van der Waals surface area contributed by atoms with Crippen LogP contribution in [0.4, 0.5) is 17.1 Å². The summed E-state index contributed by atoms with van der Waals surface area (Å²) in [5.41, 5.74) is 15.4. The molecule has 14 rings (SSSR count). The van der Waals surface area contributed by atoms with Crippen LogP contribution in [0.25, 0.3) is 114 Å². The van der Waals surface area contributed by atoms with Gasteiger partial charge in [0, 0.05) is 69.9 Å². The van der Waals surface area contributed by atoms with Gasteiger partial charge in [-0.25, -0.2) is 0 Å². The van der Waals surface area contributed by atoms with Crippen molar-refractivity contribution in [2.24, 2.45) is 0 Å². The number of rotatable bonds is 7. The first-order chi connectivity index (χ1) is 33.7. The molecule has 0 aliphatic carbocycles. The molecule has 3 nitrogen and oxygen atoms in total. The number of fused-ring (bicyclic) bond motifs is 10. The zero-order valence-electron chi connectivity index (χ0n) is 36.8. The Labute approximate surface area is 396 Å². The van der Waals surface area contributed by atoms with Crippen molar-refractivity contribution < 1.29 is 4.42 Å². The normalized spacial score (nSPS) is 11.8. The summed E-state index contributed by atoms with van der Waals surface area (Å²) in [6, 6.07) is 88.3. The molecule has 0 atom stereocenters. The van der Waals surface area contributed by atoms with Gasteiger partial charge >= 0.3 is 0 Å². The van der Waals surface area contributed by atoms with Crippen molar-refractivity contribution in [3.63, 3.8) is 0 Å². The topological polar surface area (TPSA) is 21.3 Å². The molecule has 0 spiro atoms. The first-order valence-corrected chi connectivity index (χ1v) is 24.0. The fourth-order valence-corrected chi connectivity index (χ4v) is 11.9. The Kier molecular flexibility index (Phi) is 8.76. The van der Waals surface area contributed by atoms with Crippen molar-refractivity contribution in [1.29, 1.82) is 0 Å². The summed E-state index contributed by atoms with van der Waals surface area (Å²) >= 11 is 1.87. The van der Waals surface area contributed by atoms with Crippen LogP contribution in [0.5, 0.6) is 0 Å². The summed E-state index contributed by atoms with van der Waals surface area (Å²) < 4.78 is 11.5. The van der Waals surface area contributed by atoms with Crippen molar-refractivity contribution in [2.45, 2.75) is 0 Å². The van der Waals surface area contributed by atoms with E-state index >= 15 is 0 Å². The average Bonchev–Trinajstić information content (AvgIpc) is 4.09. The molecule has 0 amide bonds. The summed E-state index contributed by atoms with van der Waals surface area (Å²) in [6.07, 6.45) is 0. The number of benzene rings is 11. The molecule has 3 aromatic heterocycles. The number of hydrogen-bond donors (Lipinski definition) is 0. The third-order valence-corrected chi connectivity index (χ3v) is 15.0. The molecule has 0 saturated heterocycles. The van der Waals surface area contributed by atoms with Gasteiger partial charge in [0.2, 0.25) is 0 Å². The number of nitrogens with zero attached hydrogens (tertiary/aromatic N) is 2. The van der Waals surface area contributed by atoms with Gasteiger partial charge in [-0.2, -0.15) is 0 Å². The highest BCUT2D eigenvalue weighted by atomic mass is 32.1. The fraction of sp³-hybridized carbons (Fsp3) is 0. The second-order valence-electron chi connectivity index (χ2n) is 17.6. The predicted octanol–water partition coefficient (Wildman–Crippen LogP) is 18.7. The van der Waals surface area contributed by atoms with Crippen LogP contribution in [-0.4, -0.2) is 4.57 Å². The minimum absolute atomic E-state index is 0.893. The summed E-state index contributed by atoms with van der Waals surface area (Å²) in [6.45, 7) is 0. The smallest absolute Gasteiger partial charge is 0.143 e. The zero-order chi connectivity index (χ0) is 44.7. The quantitative estimate of drug-likeness (QED) is 0.159. The van der Waals surface area contributed by atoms with Gasteiger partial charge in [0.25, 0.3) is 0 Å². The van der Waals surface area contributed by atoms with Gasteiger partial charge in [-0.05, 0) is 106 Å². The van der Waals surface area contributed by atoms with E-state index < -0.39 is 0 Å². The molecule has 0 saturated carbocycles. The van der Waals surface area contributed by atoms with Crippen LogP contribution < -0.4 is 4.90 Å². The number of hydrogen-bond acceptors (Lipinski definition) is 3. The van der Waals surface area contributed by atoms with Crippen molar-refractivity contribution in [3.05, 3.63) is 243 Å². The van der Waals surface area contributed by atoms with E-state index in [9.17, 15) is 0 Å². The Balaban J connectivity index is 0.983. The Bertz CT molecular complexity index is 4210.